The average molecular weight is 731 g/mol. The first-order valence-corrected chi connectivity index (χ1v) is 18.3. The van der Waals surface area contributed by atoms with E-state index in [9.17, 15) is 9.59 Å². The highest BCUT2D eigenvalue weighted by Gasteiger charge is 2.23. The van der Waals surface area contributed by atoms with Crippen LogP contribution < -0.4 is 30.6 Å². The van der Waals surface area contributed by atoms with Crippen molar-refractivity contribution in [2.24, 2.45) is 7.05 Å². The number of hydrogen-bond donors (Lipinski definition) is 3. The van der Waals surface area contributed by atoms with Gasteiger partial charge in [0.25, 0.3) is 5.91 Å². The van der Waals surface area contributed by atoms with Gasteiger partial charge in [-0.1, -0.05) is 30.3 Å². The largest absolute Gasteiger partial charge is 0.496 e. The zero-order valence-electron chi connectivity index (χ0n) is 30.1. The molecule has 0 aliphatic carbocycles. The molecule has 1 aliphatic heterocycles. The Kier molecular flexibility index (Phi) is 10.3. The Balaban J connectivity index is 1.02. The number of hydrogen-bond acceptors (Lipinski definition) is 9. The molecule has 4 N–H and O–H groups in total. The predicted octanol–water partition coefficient (Wildman–Crippen LogP) is 7.11. The third-order valence-corrected chi connectivity index (χ3v) is 10.9. The predicted molar refractivity (Wildman–Crippen MR) is 212 cm³/mol. The molecule has 3 aromatic carbocycles. The van der Waals surface area contributed by atoms with Crippen molar-refractivity contribution < 1.29 is 23.8 Å². The summed E-state index contributed by atoms with van der Waals surface area (Å²) in [4.78, 5) is 33.2. The minimum Gasteiger partial charge on any atom is -0.496 e. The van der Waals surface area contributed by atoms with Gasteiger partial charge in [0.2, 0.25) is 5.91 Å². The van der Waals surface area contributed by atoms with Crippen LogP contribution in [0.5, 0.6) is 17.2 Å². The number of carbonyl (C=O) groups excluding carboxylic acids is 2. The molecule has 272 valence electrons. The van der Waals surface area contributed by atoms with Gasteiger partial charge < -0.3 is 35.1 Å². The molecule has 0 radical (unpaired) electrons. The second-order valence-corrected chi connectivity index (χ2v) is 13.9. The van der Waals surface area contributed by atoms with Crippen molar-refractivity contribution >= 4 is 61.7 Å². The maximum Gasteiger partial charge on any atom is 0.272 e. The van der Waals surface area contributed by atoms with E-state index >= 15 is 0 Å². The minimum absolute atomic E-state index is 0.0794. The van der Waals surface area contributed by atoms with Gasteiger partial charge in [0, 0.05) is 77.1 Å². The van der Waals surface area contributed by atoms with Crippen LogP contribution in [0.4, 0.5) is 11.5 Å². The van der Waals surface area contributed by atoms with Gasteiger partial charge in [-0.3, -0.25) is 14.5 Å². The highest BCUT2D eigenvalue weighted by molar-refractivity contribution is 7.18. The number of pyridine rings is 1. The van der Waals surface area contributed by atoms with E-state index in [2.05, 4.69) is 20.5 Å². The van der Waals surface area contributed by atoms with Crippen LogP contribution >= 0.6 is 11.3 Å². The number of nitrogens with zero attached hydrogens (tertiary/aromatic N) is 3. The Labute approximate surface area is 312 Å². The lowest BCUT2D eigenvalue weighted by Crippen LogP contribution is -2.43. The van der Waals surface area contributed by atoms with Gasteiger partial charge in [-0.2, -0.15) is 0 Å². The number of methoxy groups -OCH3 is 3. The van der Waals surface area contributed by atoms with Crippen molar-refractivity contribution in [2.75, 3.05) is 45.5 Å². The second kappa shape index (κ2) is 15.4. The van der Waals surface area contributed by atoms with E-state index in [1.165, 1.54) is 11.3 Å². The number of ether oxygens (including phenoxy) is 3. The maximum atomic E-state index is 13.3. The topological polar surface area (TPSA) is 133 Å². The number of nitrogens with two attached hydrogens (primary N) is 1. The van der Waals surface area contributed by atoms with E-state index < -0.39 is 0 Å². The summed E-state index contributed by atoms with van der Waals surface area (Å²) in [6.45, 7) is 2.41. The molecule has 0 saturated carbocycles. The molecular weight excluding hydrogens is 689 g/mol. The van der Waals surface area contributed by atoms with Crippen LogP contribution in [0.3, 0.4) is 0 Å². The van der Waals surface area contributed by atoms with E-state index in [0.717, 1.165) is 87.2 Å². The first-order valence-electron chi connectivity index (χ1n) is 17.4. The molecular formula is C41H42N6O5S. The highest BCUT2D eigenvalue weighted by atomic mass is 32.1. The van der Waals surface area contributed by atoms with Crippen molar-refractivity contribution in [1.29, 1.82) is 0 Å². The number of benzene rings is 3. The maximum absolute atomic E-state index is 13.3. The Bertz CT molecular complexity index is 2320. The van der Waals surface area contributed by atoms with Gasteiger partial charge in [0.05, 0.1) is 32.6 Å². The van der Waals surface area contributed by atoms with Crippen LogP contribution in [0, 0.1) is 0 Å². The van der Waals surface area contributed by atoms with Crippen molar-refractivity contribution in [3.63, 3.8) is 0 Å². The van der Waals surface area contributed by atoms with Crippen molar-refractivity contribution in [3.05, 3.63) is 101 Å². The molecule has 0 bridgehead atoms. The Morgan fingerprint density at radius 1 is 0.962 bits per heavy atom. The lowest BCUT2D eigenvalue weighted by atomic mass is 10.0. The minimum atomic E-state index is -0.236. The summed E-state index contributed by atoms with van der Waals surface area (Å²) in [5.41, 5.74) is 12.1. The number of para-hydroxylation sites is 1. The van der Waals surface area contributed by atoms with Crippen LogP contribution in [-0.4, -0.2) is 66.7 Å². The Morgan fingerprint density at radius 2 is 1.70 bits per heavy atom. The van der Waals surface area contributed by atoms with E-state index in [-0.39, 0.29) is 17.9 Å². The smallest absolute Gasteiger partial charge is 0.272 e. The molecule has 3 aromatic heterocycles. The molecule has 1 saturated heterocycles. The number of rotatable bonds is 11. The SMILES string of the molecule is COc1cc(-c2csc3c(C=CC(=O)NC4CCN(Cc5c(OC)cccc5OC)CC4)cnc(N)c23)ccc1NC(=O)c1cc2ccccc2n1C. The second-order valence-electron chi connectivity index (χ2n) is 13.0. The summed E-state index contributed by atoms with van der Waals surface area (Å²) >= 11 is 1.53. The summed E-state index contributed by atoms with van der Waals surface area (Å²) in [5.74, 6) is 2.14. The van der Waals surface area contributed by atoms with Crippen LogP contribution in [0.25, 0.3) is 38.2 Å². The van der Waals surface area contributed by atoms with Crippen molar-refractivity contribution in [3.8, 4) is 28.4 Å². The number of nitrogen functional groups attached to an aromatic ring is 1. The zero-order chi connectivity index (χ0) is 37.1. The molecule has 6 aromatic rings. The van der Waals surface area contributed by atoms with Gasteiger partial charge in [-0.25, -0.2) is 4.98 Å². The molecule has 1 aliphatic rings. The number of fused-ring (bicyclic) bond motifs is 2. The summed E-state index contributed by atoms with van der Waals surface area (Å²) in [6.07, 6.45) is 6.73. The number of carbonyl (C=O) groups is 2. The van der Waals surface area contributed by atoms with Gasteiger partial charge in [0.15, 0.2) is 0 Å². The number of aromatic nitrogens is 2. The summed E-state index contributed by atoms with van der Waals surface area (Å²) in [7, 11) is 6.79. The van der Waals surface area contributed by atoms with Gasteiger partial charge in [-0.05, 0) is 66.3 Å². The highest BCUT2D eigenvalue weighted by Crippen LogP contribution is 2.41. The van der Waals surface area contributed by atoms with Crippen molar-refractivity contribution in [1.82, 2.24) is 19.8 Å². The normalized spacial score (nSPS) is 13.8. The fraction of sp³-hybridized carbons (Fsp3) is 0.244. The summed E-state index contributed by atoms with van der Waals surface area (Å²) < 4.78 is 19.7. The fourth-order valence-corrected chi connectivity index (χ4v) is 8.11. The number of likely N-dealkylation sites (tertiary alicyclic amines) is 1. The van der Waals surface area contributed by atoms with Gasteiger partial charge in [-0.15, -0.1) is 11.3 Å². The Hall–Kier alpha value is -5.85. The monoisotopic (exact) mass is 730 g/mol. The first kappa shape index (κ1) is 35.5. The van der Waals surface area contributed by atoms with E-state index in [1.54, 1.807) is 39.7 Å². The quantitative estimate of drug-likeness (QED) is 0.120. The van der Waals surface area contributed by atoms with Crippen molar-refractivity contribution in [2.45, 2.75) is 25.4 Å². The molecule has 2 amide bonds. The molecule has 0 atom stereocenters. The van der Waals surface area contributed by atoms with Crippen LogP contribution in [0.2, 0.25) is 0 Å². The van der Waals surface area contributed by atoms with E-state index in [4.69, 9.17) is 19.9 Å². The standard InChI is InChI=1S/C41H42N6O5S/c1-46-32-9-6-5-8-26(32)20-33(46)41(49)45-31-14-12-25(21-36(31)52-4)30-24-53-39-27(22-43-40(42)38(30)39)13-15-37(48)44-28-16-18-47(19-17-28)23-29-34(50-2)10-7-11-35(29)51-3/h5-15,20-22,24,28H,16-19,23H2,1-4H3,(H2,42,43)(H,44,48)(H,45,49). The van der Waals surface area contributed by atoms with Gasteiger partial charge >= 0.3 is 0 Å². The van der Waals surface area contributed by atoms with E-state index in [1.807, 2.05) is 83.7 Å². The fourth-order valence-electron chi connectivity index (χ4n) is 7.03. The molecule has 0 spiro atoms. The van der Waals surface area contributed by atoms with Crippen LogP contribution in [0.15, 0.2) is 84.4 Å². The molecule has 53 heavy (non-hydrogen) atoms. The Morgan fingerprint density at radius 3 is 2.42 bits per heavy atom. The molecule has 4 heterocycles. The number of piperidine rings is 1. The molecule has 0 unspecified atom stereocenters. The lowest BCUT2D eigenvalue weighted by Gasteiger charge is -2.32. The van der Waals surface area contributed by atoms with Gasteiger partial charge in [0.1, 0.15) is 28.8 Å². The third kappa shape index (κ3) is 7.28. The number of nitrogens with one attached hydrogen (secondary N) is 2. The summed E-state index contributed by atoms with van der Waals surface area (Å²) in [6, 6.07) is 21.3. The number of amides is 2. The summed E-state index contributed by atoms with van der Waals surface area (Å²) in [5, 5.41) is 10.00. The zero-order valence-corrected chi connectivity index (χ0v) is 31.0. The molecule has 1 fully saturated rings. The number of aryl methyl sites for hydroxylation is 1. The number of anilines is 2. The van der Waals surface area contributed by atoms with E-state index in [0.29, 0.717) is 22.9 Å². The van der Waals surface area contributed by atoms with Crippen LogP contribution in [-0.2, 0) is 18.4 Å². The molecule has 7 rings (SSSR count). The third-order valence-electron chi connectivity index (χ3n) is 9.86. The average Bonchev–Trinajstić information content (AvgIpc) is 3.78. The number of thiophene rings is 1. The van der Waals surface area contributed by atoms with Crippen LogP contribution in [0.1, 0.15) is 34.5 Å². The first-order chi connectivity index (χ1) is 25.8. The molecule has 12 heteroatoms. The molecule has 11 nitrogen and oxygen atoms in total. The lowest BCUT2D eigenvalue weighted by molar-refractivity contribution is -0.117.